The lowest BCUT2D eigenvalue weighted by Crippen LogP contribution is -2.15. The number of halogens is 2. The first-order valence-electron chi connectivity index (χ1n) is 6.33. The molecule has 21 heavy (non-hydrogen) atoms. The van der Waals surface area contributed by atoms with Gasteiger partial charge in [0.05, 0.1) is 29.5 Å². The topological polar surface area (TPSA) is 62.7 Å². The Morgan fingerprint density at radius 1 is 1.24 bits per heavy atom. The van der Waals surface area contributed by atoms with Gasteiger partial charge >= 0.3 is 5.69 Å². The van der Waals surface area contributed by atoms with Crippen LogP contribution < -0.4 is 11.0 Å². The molecule has 0 aliphatic rings. The van der Waals surface area contributed by atoms with Gasteiger partial charge < -0.3 is 10.3 Å². The number of fused-ring (bicyclic) bond motifs is 1. The van der Waals surface area contributed by atoms with Gasteiger partial charge in [-0.15, -0.1) is 0 Å². The van der Waals surface area contributed by atoms with Crippen LogP contribution >= 0.6 is 0 Å². The van der Waals surface area contributed by atoms with Gasteiger partial charge in [-0.2, -0.15) is 0 Å². The molecule has 2 N–H and O–H groups in total. The van der Waals surface area contributed by atoms with Crippen molar-refractivity contribution in [2.75, 3.05) is 11.9 Å². The Morgan fingerprint density at radius 2 is 2.05 bits per heavy atom. The molecule has 3 rings (SSSR count). The van der Waals surface area contributed by atoms with Gasteiger partial charge in [0.1, 0.15) is 5.82 Å². The fourth-order valence-electron chi connectivity index (χ4n) is 2.12. The molecule has 0 aliphatic carbocycles. The Hall–Kier alpha value is -2.70. The van der Waals surface area contributed by atoms with E-state index in [2.05, 4.69) is 15.3 Å². The first-order chi connectivity index (χ1) is 10.1. The predicted molar refractivity (Wildman–Crippen MR) is 76.2 cm³/mol. The molecule has 0 spiro atoms. The van der Waals surface area contributed by atoms with Crippen molar-refractivity contribution in [3.8, 4) is 5.69 Å². The number of H-pyrrole nitrogens is 1. The van der Waals surface area contributed by atoms with E-state index in [1.54, 1.807) is 18.2 Å². The van der Waals surface area contributed by atoms with Crippen molar-refractivity contribution < 1.29 is 8.78 Å². The van der Waals surface area contributed by atoms with Gasteiger partial charge in [0.2, 0.25) is 0 Å². The number of nitrogens with zero attached hydrogens (tertiary/aromatic N) is 2. The number of aromatic amines is 1. The number of nitrogens with one attached hydrogen (secondary N) is 2. The molecule has 0 radical (unpaired) electrons. The van der Waals surface area contributed by atoms with E-state index < -0.39 is 13.0 Å². The van der Waals surface area contributed by atoms with E-state index in [-0.39, 0.29) is 5.69 Å². The third-order valence-corrected chi connectivity index (χ3v) is 3.03. The first-order valence-corrected chi connectivity index (χ1v) is 6.33. The van der Waals surface area contributed by atoms with Crippen LogP contribution in [0.15, 0.2) is 47.4 Å². The summed E-state index contributed by atoms with van der Waals surface area (Å²) in [5.41, 5.74) is 1.76. The van der Waals surface area contributed by atoms with E-state index >= 15 is 0 Å². The van der Waals surface area contributed by atoms with Crippen LogP contribution in [0, 0.1) is 0 Å². The zero-order chi connectivity index (χ0) is 14.8. The maximum absolute atomic E-state index is 12.1. The Morgan fingerprint density at radius 3 is 2.76 bits per heavy atom. The lowest BCUT2D eigenvalue weighted by atomic mass is 10.3. The van der Waals surface area contributed by atoms with Crippen molar-refractivity contribution >= 4 is 16.9 Å². The van der Waals surface area contributed by atoms with Crippen LogP contribution in [0.4, 0.5) is 14.6 Å². The third kappa shape index (κ3) is 2.62. The van der Waals surface area contributed by atoms with Gasteiger partial charge in [-0.1, -0.05) is 12.1 Å². The quantitative estimate of drug-likeness (QED) is 0.775. The highest BCUT2D eigenvalue weighted by molar-refractivity contribution is 5.77. The van der Waals surface area contributed by atoms with Crippen molar-refractivity contribution in [2.45, 2.75) is 6.43 Å². The van der Waals surface area contributed by atoms with Gasteiger partial charge in [-0.3, -0.25) is 4.57 Å². The Labute approximate surface area is 118 Å². The number of pyridine rings is 1. The highest BCUT2D eigenvalue weighted by atomic mass is 19.3. The molecule has 3 aromatic rings. The van der Waals surface area contributed by atoms with Crippen molar-refractivity contribution in [2.24, 2.45) is 0 Å². The molecule has 0 atom stereocenters. The lowest BCUT2D eigenvalue weighted by Gasteiger charge is -2.06. The summed E-state index contributed by atoms with van der Waals surface area (Å²) < 4.78 is 25.7. The summed E-state index contributed by atoms with van der Waals surface area (Å²) in [7, 11) is 0. The van der Waals surface area contributed by atoms with Gasteiger partial charge in [0, 0.05) is 0 Å². The van der Waals surface area contributed by atoms with Gasteiger partial charge in [-0.25, -0.2) is 18.6 Å². The number of imidazole rings is 1. The second kappa shape index (κ2) is 5.35. The zero-order valence-corrected chi connectivity index (χ0v) is 10.9. The fraction of sp³-hybridized carbons (Fsp3) is 0.143. The van der Waals surface area contributed by atoms with Gasteiger partial charge in [0.25, 0.3) is 6.43 Å². The van der Waals surface area contributed by atoms with E-state index in [4.69, 9.17) is 0 Å². The number of hydrogen-bond acceptors (Lipinski definition) is 3. The van der Waals surface area contributed by atoms with E-state index in [9.17, 15) is 13.6 Å². The number of alkyl halides is 2. The van der Waals surface area contributed by atoms with Gasteiger partial charge in [0.15, 0.2) is 0 Å². The van der Waals surface area contributed by atoms with E-state index in [0.29, 0.717) is 11.5 Å². The molecule has 0 aliphatic heterocycles. The van der Waals surface area contributed by atoms with Crippen molar-refractivity contribution in [1.82, 2.24) is 14.5 Å². The van der Waals surface area contributed by atoms with Crippen LogP contribution in [0.5, 0.6) is 0 Å². The zero-order valence-electron chi connectivity index (χ0n) is 10.9. The minimum absolute atomic E-state index is 0.272. The molecule has 1 aromatic carbocycles. The number of para-hydroxylation sites is 2. The fourth-order valence-corrected chi connectivity index (χ4v) is 2.12. The van der Waals surface area contributed by atoms with Crippen molar-refractivity contribution in [3.05, 3.63) is 53.1 Å². The SMILES string of the molecule is O=c1[nH]c2ccccc2n1-c1ccc(NCC(F)F)nc1. The van der Waals surface area contributed by atoms with Crippen LogP contribution in [0.3, 0.4) is 0 Å². The summed E-state index contributed by atoms with van der Waals surface area (Å²) in [5, 5.41) is 2.51. The lowest BCUT2D eigenvalue weighted by molar-refractivity contribution is 0.163. The maximum atomic E-state index is 12.1. The van der Waals surface area contributed by atoms with Crippen molar-refractivity contribution in [1.29, 1.82) is 0 Å². The largest absolute Gasteiger partial charge is 0.364 e. The highest BCUT2D eigenvalue weighted by Crippen LogP contribution is 2.15. The third-order valence-electron chi connectivity index (χ3n) is 3.03. The second-order valence-electron chi connectivity index (χ2n) is 4.46. The smallest absolute Gasteiger partial charge is 0.331 e. The first kappa shape index (κ1) is 13.3. The monoisotopic (exact) mass is 290 g/mol. The average molecular weight is 290 g/mol. The summed E-state index contributed by atoms with van der Waals surface area (Å²) >= 11 is 0. The Bertz CT molecular complexity index is 808. The van der Waals surface area contributed by atoms with Crippen LogP contribution in [0.1, 0.15) is 0 Å². The summed E-state index contributed by atoms with van der Waals surface area (Å²) in [6.07, 6.45) is -0.974. The molecular formula is C14H12F2N4O. The molecule has 2 heterocycles. The number of benzene rings is 1. The Balaban J connectivity index is 1.96. The Kier molecular flexibility index (Phi) is 3.39. The van der Waals surface area contributed by atoms with E-state index in [0.717, 1.165) is 11.0 Å². The number of anilines is 1. The average Bonchev–Trinajstić information content (AvgIpc) is 2.81. The summed E-state index contributed by atoms with van der Waals surface area (Å²) in [6, 6.07) is 10.5. The van der Waals surface area contributed by atoms with Crippen LogP contribution in [0.25, 0.3) is 16.7 Å². The summed E-state index contributed by atoms with van der Waals surface area (Å²) in [5.74, 6) is 0.340. The minimum atomic E-state index is -2.44. The van der Waals surface area contributed by atoms with Gasteiger partial charge in [-0.05, 0) is 24.3 Å². The molecule has 0 saturated heterocycles. The highest BCUT2D eigenvalue weighted by Gasteiger charge is 2.08. The maximum Gasteiger partial charge on any atom is 0.331 e. The van der Waals surface area contributed by atoms with E-state index in [1.807, 2.05) is 18.2 Å². The molecule has 0 unspecified atom stereocenters. The normalized spacial score (nSPS) is 11.2. The molecule has 0 saturated carbocycles. The number of hydrogen-bond donors (Lipinski definition) is 2. The molecule has 7 heteroatoms. The molecule has 108 valence electrons. The van der Waals surface area contributed by atoms with Crippen LogP contribution in [-0.2, 0) is 0 Å². The predicted octanol–water partition coefficient (Wildman–Crippen LogP) is 2.39. The molecular weight excluding hydrogens is 278 g/mol. The molecule has 0 fully saturated rings. The molecule has 0 bridgehead atoms. The summed E-state index contributed by atoms with van der Waals surface area (Å²) in [6.45, 7) is -0.459. The van der Waals surface area contributed by atoms with E-state index in [1.165, 1.54) is 10.8 Å². The standard InChI is InChI=1S/C14H12F2N4O/c15-12(16)8-18-13-6-5-9(7-17-13)20-11-4-2-1-3-10(11)19-14(20)21/h1-7,12H,8H2,(H,17,18)(H,19,21). The van der Waals surface area contributed by atoms with Crippen LogP contribution in [0.2, 0.25) is 0 Å². The molecule has 2 aromatic heterocycles. The van der Waals surface area contributed by atoms with Crippen molar-refractivity contribution in [3.63, 3.8) is 0 Å². The van der Waals surface area contributed by atoms with Crippen LogP contribution in [-0.4, -0.2) is 27.5 Å². The second-order valence-corrected chi connectivity index (χ2v) is 4.46. The molecule has 5 nitrogen and oxygen atoms in total. The molecule has 0 amide bonds. The number of rotatable bonds is 4. The summed E-state index contributed by atoms with van der Waals surface area (Å²) in [4.78, 5) is 18.8. The minimum Gasteiger partial charge on any atom is -0.364 e. The number of aromatic nitrogens is 3.